The maximum absolute atomic E-state index is 6.78. The lowest BCUT2D eigenvalue weighted by molar-refractivity contribution is 0.309. The summed E-state index contributed by atoms with van der Waals surface area (Å²) in [7, 11) is -7.67. The molecule has 4 atom stereocenters. The molecule has 0 spiro atoms. The Hall–Kier alpha value is 0.708. The molecule has 0 radical (unpaired) electrons. The highest BCUT2D eigenvalue weighted by atomic mass is 28.5. The van der Waals surface area contributed by atoms with Crippen LogP contribution in [0.1, 0.15) is 25.7 Å². The van der Waals surface area contributed by atoms with E-state index in [1.807, 2.05) is 0 Å². The van der Waals surface area contributed by atoms with Gasteiger partial charge >= 0.3 is 17.1 Å². The average molecular weight is 421 g/mol. The molecule has 1 saturated carbocycles. The summed E-state index contributed by atoms with van der Waals surface area (Å²) in [5.41, 5.74) is 0. The highest BCUT2D eigenvalue weighted by Gasteiger charge is 2.47. The first-order valence-electron chi connectivity index (χ1n) is 9.92. The first kappa shape index (κ1) is 22.0. The molecule has 8 heteroatoms. The molecule has 2 rings (SSSR count). The van der Waals surface area contributed by atoms with Gasteiger partial charge in [-0.05, 0) is 96.6 Å². The van der Waals surface area contributed by atoms with Crippen LogP contribution in [-0.4, -0.2) is 46.0 Å². The zero-order chi connectivity index (χ0) is 19.1. The number of hydrogen-bond acceptors (Lipinski definition) is 4. The van der Waals surface area contributed by atoms with E-state index in [1.165, 1.54) is 25.7 Å². The quantitative estimate of drug-likeness (QED) is 0.368. The van der Waals surface area contributed by atoms with Gasteiger partial charge in [0, 0.05) is 0 Å². The van der Waals surface area contributed by atoms with Crippen LogP contribution in [-0.2, 0) is 17.1 Å². The Morgan fingerprint density at radius 3 is 1.88 bits per heavy atom. The van der Waals surface area contributed by atoms with Crippen LogP contribution in [0.4, 0.5) is 0 Å². The molecule has 0 aromatic rings. The summed E-state index contributed by atoms with van der Waals surface area (Å²) >= 11 is 0. The summed E-state index contributed by atoms with van der Waals surface area (Å²) in [5, 5.41) is 0. The zero-order valence-corrected chi connectivity index (χ0v) is 21.9. The fourth-order valence-corrected chi connectivity index (χ4v) is 22.3. The van der Waals surface area contributed by atoms with Crippen LogP contribution in [0.5, 0.6) is 0 Å². The molecule has 0 N–H and O–H groups in total. The van der Waals surface area contributed by atoms with Crippen molar-refractivity contribution in [3.05, 3.63) is 0 Å². The molecular weight excluding hydrogens is 381 g/mol. The van der Waals surface area contributed by atoms with Crippen LogP contribution < -0.4 is 0 Å². The Kier molecular flexibility index (Phi) is 6.70. The molecule has 25 heavy (non-hydrogen) atoms. The van der Waals surface area contributed by atoms with Crippen LogP contribution in [0.3, 0.4) is 0 Å². The van der Waals surface area contributed by atoms with Crippen LogP contribution in [0.2, 0.25) is 65.0 Å². The third-order valence-electron chi connectivity index (χ3n) is 4.66. The summed E-state index contributed by atoms with van der Waals surface area (Å²) < 4.78 is 25.6. The van der Waals surface area contributed by atoms with E-state index in [0.29, 0.717) is 12.2 Å². The topological polar surface area (TPSA) is 40.2 Å². The second-order valence-corrected chi connectivity index (χ2v) is 27.0. The Labute approximate surface area is 159 Å². The van der Waals surface area contributed by atoms with Gasteiger partial charge in [-0.15, -0.1) is 0 Å². The first-order chi connectivity index (χ1) is 11.2. The van der Waals surface area contributed by atoms with Crippen molar-refractivity contribution in [2.75, 3.05) is 0 Å². The monoisotopic (exact) mass is 420 g/mol. The zero-order valence-electron chi connectivity index (χ0n) is 17.9. The molecule has 0 bridgehead atoms. The second kappa shape index (κ2) is 7.61. The fourth-order valence-electron chi connectivity index (χ4n) is 4.26. The smallest absolute Gasteiger partial charge is 0.315 e. The lowest BCUT2D eigenvalue weighted by Gasteiger charge is -2.41. The van der Waals surface area contributed by atoms with Crippen LogP contribution in [0, 0.1) is 5.92 Å². The highest BCUT2D eigenvalue weighted by Crippen LogP contribution is 2.42. The van der Waals surface area contributed by atoms with E-state index in [9.17, 15) is 0 Å². The Bertz CT molecular complexity index is 461. The van der Waals surface area contributed by atoms with Gasteiger partial charge in [0.15, 0.2) is 16.6 Å². The van der Waals surface area contributed by atoms with Crippen molar-refractivity contribution in [3.63, 3.8) is 0 Å². The van der Waals surface area contributed by atoms with Crippen LogP contribution in [0.15, 0.2) is 0 Å². The van der Waals surface area contributed by atoms with Crippen molar-refractivity contribution in [2.24, 2.45) is 5.92 Å². The molecule has 148 valence electrons. The maximum Gasteiger partial charge on any atom is 0.315 e. The Balaban J connectivity index is 1.99. The lowest BCUT2D eigenvalue weighted by Crippen LogP contribution is -2.56. The third-order valence-corrected chi connectivity index (χ3v) is 18.1. The van der Waals surface area contributed by atoms with Crippen LogP contribution in [0.25, 0.3) is 0 Å². The van der Waals surface area contributed by atoms with Gasteiger partial charge in [0.1, 0.15) is 0 Å². The minimum Gasteiger partial charge on any atom is -0.437 e. The first-order valence-corrected chi connectivity index (χ1v) is 22.1. The molecule has 1 heterocycles. The summed E-state index contributed by atoms with van der Waals surface area (Å²) in [6.07, 6.45) is 6.18. The van der Waals surface area contributed by atoms with Gasteiger partial charge in [-0.25, -0.2) is 0 Å². The highest BCUT2D eigenvalue weighted by molar-refractivity contribution is 6.89. The molecule has 2 aliphatic rings. The lowest BCUT2D eigenvalue weighted by atomic mass is 9.88. The molecule has 1 aliphatic heterocycles. The van der Waals surface area contributed by atoms with E-state index >= 15 is 0 Å². The molecular formula is C17H40O4Si4. The van der Waals surface area contributed by atoms with E-state index in [0.717, 1.165) is 12.0 Å². The predicted octanol–water partition coefficient (Wildman–Crippen LogP) is 5.44. The van der Waals surface area contributed by atoms with Gasteiger partial charge in [-0.2, -0.15) is 0 Å². The van der Waals surface area contributed by atoms with E-state index < -0.39 is 33.8 Å². The molecule has 4 nitrogen and oxygen atoms in total. The molecule has 0 amide bonds. The van der Waals surface area contributed by atoms with E-state index in [2.05, 4.69) is 58.9 Å². The number of hydrogen-bond donors (Lipinski definition) is 0. The number of epoxide rings is 1. The normalized spacial score (nSPS) is 29.9. The molecule has 1 saturated heterocycles. The van der Waals surface area contributed by atoms with Crippen LogP contribution >= 0.6 is 0 Å². The second-order valence-electron chi connectivity index (χ2n) is 10.5. The minimum absolute atomic E-state index is 0.562. The number of ether oxygens (including phenoxy) is 1. The van der Waals surface area contributed by atoms with E-state index in [-0.39, 0.29) is 0 Å². The minimum atomic E-state index is -2.23. The van der Waals surface area contributed by atoms with Crippen molar-refractivity contribution in [1.82, 2.24) is 0 Å². The van der Waals surface area contributed by atoms with Crippen molar-refractivity contribution < 1.29 is 17.1 Å². The summed E-state index contributed by atoms with van der Waals surface area (Å²) in [6, 6.07) is 1.09. The third kappa shape index (κ3) is 8.08. The van der Waals surface area contributed by atoms with Gasteiger partial charge in [-0.3, -0.25) is 0 Å². The Morgan fingerprint density at radius 2 is 1.36 bits per heavy atom. The molecule has 0 aromatic carbocycles. The molecule has 1 aliphatic carbocycles. The van der Waals surface area contributed by atoms with Gasteiger partial charge in [-0.1, -0.05) is 0 Å². The number of rotatable bonds is 9. The van der Waals surface area contributed by atoms with Gasteiger partial charge in [0.25, 0.3) is 0 Å². The SMILES string of the molecule is C[Si](C)(C)O[Si](C)(C)O[Si](C)(CCC1CCC2OC2C1)O[Si](C)(C)C. The number of fused-ring (bicyclic) bond motifs is 1. The maximum atomic E-state index is 6.78. The fraction of sp³-hybridized carbons (Fsp3) is 1.00. The predicted molar refractivity (Wildman–Crippen MR) is 114 cm³/mol. The summed E-state index contributed by atoms with van der Waals surface area (Å²) in [6.45, 7) is 20.3. The summed E-state index contributed by atoms with van der Waals surface area (Å²) in [5.74, 6) is 0.784. The summed E-state index contributed by atoms with van der Waals surface area (Å²) in [4.78, 5) is 0. The van der Waals surface area contributed by atoms with Crippen molar-refractivity contribution in [2.45, 2.75) is 103 Å². The molecule has 4 unspecified atom stereocenters. The van der Waals surface area contributed by atoms with E-state index in [1.54, 1.807) is 0 Å². The van der Waals surface area contributed by atoms with Gasteiger partial charge in [0.2, 0.25) is 0 Å². The standard InChI is InChI=1S/C17H40O4Si4/c1-22(2,3)19-24(7,8)21-25(9,20-23(4,5)6)13-12-15-10-11-16-17(14-15)18-16/h15-17H,10-14H2,1-9H3. The molecule has 2 fully saturated rings. The van der Waals surface area contributed by atoms with Crippen molar-refractivity contribution >= 4 is 33.8 Å². The largest absolute Gasteiger partial charge is 0.437 e. The Morgan fingerprint density at radius 1 is 0.760 bits per heavy atom. The van der Waals surface area contributed by atoms with Gasteiger partial charge in [0.05, 0.1) is 12.2 Å². The van der Waals surface area contributed by atoms with Gasteiger partial charge < -0.3 is 17.1 Å². The average Bonchev–Trinajstić information content (AvgIpc) is 3.08. The molecule has 0 aromatic heterocycles. The van der Waals surface area contributed by atoms with Crippen molar-refractivity contribution in [3.8, 4) is 0 Å². The van der Waals surface area contributed by atoms with Crippen molar-refractivity contribution in [1.29, 1.82) is 0 Å². The van der Waals surface area contributed by atoms with E-state index in [4.69, 9.17) is 17.1 Å².